The normalized spacial score (nSPS) is 8.50. The number of phenolic OH excluding ortho intramolecular Hbond substituents is 2. The number of hydrogen-bond acceptors (Lipinski definition) is 2. The van der Waals surface area contributed by atoms with Crippen molar-refractivity contribution in [2.24, 2.45) is 0 Å². The van der Waals surface area contributed by atoms with Gasteiger partial charge in [-0.05, 0) is 30.7 Å². The van der Waals surface area contributed by atoms with E-state index in [1.165, 1.54) is 18.2 Å². The third-order valence-corrected chi connectivity index (χ3v) is 1.18. The Bertz CT molecular complexity index is 223. The van der Waals surface area contributed by atoms with Gasteiger partial charge in [-0.2, -0.15) is 0 Å². The molecule has 0 aliphatic heterocycles. The first kappa shape index (κ1) is 9.82. The summed E-state index contributed by atoms with van der Waals surface area (Å²) in [5.41, 5.74) is 0.690. The fourth-order valence-corrected chi connectivity index (χ4v) is 0.640. The van der Waals surface area contributed by atoms with Crippen molar-refractivity contribution in [2.45, 2.75) is 6.92 Å². The Balaban J connectivity index is 0.000000810. The number of phenols is 2. The number of aryl methyl sites for hydroxylation is 1. The largest absolute Gasteiger partial charge is 0.508 e. The molecule has 0 saturated heterocycles. The third-order valence-electron chi connectivity index (χ3n) is 1.18. The summed E-state index contributed by atoms with van der Waals surface area (Å²) in [6.45, 7) is 1.73. The molecule has 0 amide bonds. The Morgan fingerprint density at radius 1 is 1.20 bits per heavy atom. The monoisotopic (exact) mass is 147 g/mol. The molecule has 2 N–H and O–H groups in total. The predicted octanol–water partition coefficient (Wildman–Crippen LogP) is 1.03. The van der Waals surface area contributed by atoms with Crippen LogP contribution in [-0.2, 0) is 0 Å². The molecule has 1 aromatic carbocycles. The van der Waals surface area contributed by atoms with Crippen LogP contribution >= 0.6 is 0 Å². The van der Waals surface area contributed by atoms with Crippen LogP contribution in [0, 0.1) is 6.92 Å². The third kappa shape index (κ3) is 2.21. The molecule has 0 aliphatic rings. The summed E-state index contributed by atoms with van der Waals surface area (Å²) in [5, 5.41) is 17.8. The molecule has 0 atom stereocenters. The summed E-state index contributed by atoms with van der Waals surface area (Å²) in [7, 11) is 0. The van der Waals surface area contributed by atoms with E-state index < -0.39 is 0 Å². The van der Waals surface area contributed by atoms with Crippen molar-refractivity contribution in [3.05, 3.63) is 23.8 Å². The number of rotatable bonds is 0. The van der Waals surface area contributed by atoms with Crippen molar-refractivity contribution < 1.29 is 10.2 Å². The first-order valence-electron chi connectivity index (χ1n) is 2.69. The molecule has 1 rings (SSSR count). The van der Waals surface area contributed by atoms with E-state index in [2.05, 4.69) is 0 Å². The van der Waals surface area contributed by atoms with Gasteiger partial charge >= 0.3 is 0 Å². The van der Waals surface area contributed by atoms with Gasteiger partial charge < -0.3 is 10.2 Å². The summed E-state index contributed by atoms with van der Waals surface area (Å²) >= 11 is 0. The first-order valence-corrected chi connectivity index (χ1v) is 2.69. The first-order chi connectivity index (χ1) is 4.20. The van der Waals surface area contributed by atoms with Gasteiger partial charge in [0.25, 0.3) is 0 Å². The molecule has 1 radical (unpaired) electrons. The Kier molecular flexibility index (Phi) is 3.79. The molecule has 0 spiro atoms. The van der Waals surface area contributed by atoms with E-state index in [0.29, 0.717) is 5.56 Å². The quantitative estimate of drug-likeness (QED) is 0.425. The van der Waals surface area contributed by atoms with Crippen LogP contribution in [0.1, 0.15) is 5.56 Å². The maximum absolute atomic E-state index is 8.93. The molecule has 49 valence electrons. The second-order valence-corrected chi connectivity index (χ2v) is 1.97. The summed E-state index contributed by atoms with van der Waals surface area (Å²) in [6.07, 6.45) is 0. The molecule has 10 heavy (non-hydrogen) atoms. The van der Waals surface area contributed by atoms with Gasteiger partial charge in [0.05, 0.1) is 0 Å². The van der Waals surface area contributed by atoms with Crippen LogP contribution in [-0.4, -0.2) is 39.8 Å². The van der Waals surface area contributed by atoms with Gasteiger partial charge in [-0.1, -0.05) is 0 Å². The predicted molar refractivity (Wildman–Crippen MR) is 40.3 cm³/mol. The second kappa shape index (κ2) is 3.86. The fourth-order valence-electron chi connectivity index (χ4n) is 0.640. The van der Waals surface area contributed by atoms with Crippen LogP contribution in [0.25, 0.3) is 0 Å². The van der Waals surface area contributed by atoms with E-state index >= 15 is 0 Å². The molecule has 0 aliphatic carbocycles. The molecule has 0 aromatic heterocycles. The van der Waals surface area contributed by atoms with Gasteiger partial charge in [0.1, 0.15) is 11.5 Å². The van der Waals surface area contributed by atoms with Gasteiger partial charge in [-0.25, -0.2) is 0 Å². The van der Waals surface area contributed by atoms with Crippen molar-refractivity contribution in [1.29, 1.82) is 0 Å². The van der Waals surface area contributed by atoms with E-state index in [9.17, 15) is 0 Å². The maximum atomic E-state index is 8.93. The SMILES string of the molecule is Cc1cc(O)ccc1O.[Na]. The maximum Gasteiger partial charge on any atom is 0.118 e. The standard InChI is InChI=1S/C7H8O2.Na/c1-5-4-6(8)2-3-7(5)9;/h2-4,8-9H,1H3;. The van der Waals surface area contributed by atoms with Crippen LogP contribution in [0.2, 0.25) is 0 Å². The van der Waals surface area contributed by atoms with E-state index in [1.807, 2.05) is 0 Å². The second-order valence-electron chi connectivity index (χ2n) is 1.97. The van der Waals surface area contributed by atoms with Gasteiger partial charge in [0.2, 0.25) is 0 Å². The summed E-state index contributed by atoms with van der Waals surface area (Å²) in [6, 6.07) is 4.42. The number of aromatic hydroxyl groups is 2. The number of benzene rings is 1. The molecule has 0 bridgehead atoms. The molecular formula is C7H8NaO2. The van der Waals surface area contributed by atoms with Crippen molar-refractivity contribution >= 4 is 29.6 Å². The van der Waals surface area contributed by atoms with Gasteiger partial charge in [-0.15, -0.1) is 0 Å². The van der Waals surface area contributed by atoms with E-state index in [-0.39, 0.29) is 41.1 Å². The van der Waals surface area contributed by atoms with E-state index in [0.717, 1.165) is 0 Å². The van der Waals surface area contributed by atoms with Crippen molar-refractivity contribution in [2.75, 3.05) is 0 Å². The Hall–Kier alpha value is -0.180. The molecule has 2 nitrogen and oxygen atoms in total. The molecule has 0 unspecified atom stereocenters. The van der Waals surface area contributed by atoms with E-state index in [1.54, 1.807) is 6.92 Å². The summed E-state index contributed by atoms with van der Waals surface area (Å²) in [4.78, 5) is 0. The average molecular weight is 147 g/mol. The zero-order valence-corrected chi connectivity index (χ0v) is 8.13. The number of hydrogen-bond donors (Lipinski definition) is 2. The van der Waals surface area contributed by atoms with E-state index in [4.69, 9.17) is 10.2 Å². The molecule has 0 heterocycles. The zero-order valence-electron chi connectivity index (χ0n) is 6.13. The topological polar surface area (TPSA) is 40.5 Å². The van der Waals surface area contributed by atoms with Crippen molar-refractivity contribution in [1.82, 2.24) is 0 Å². The van der Waals surface area contributed by atoms with Crippen LogP contribution in [0.5, 0.6) is 11.5 Å². The van der Waals surface area contributed by atoms with Crippen molar-refractivity contribution in [3.8, 4) is 11.5 Å². The molecular weight excluding hydrogens is 139 g/mol. The minimum absolute atomic E-state index is 0. The van der Waals surface area contributed by atoms with Crippen LogP contribution in [0.15, 0.2) is 18.2 Å². The van der Waals surface area contributed by atoms with Crippen molar-refractivity contribution in [3.63, 3.8) is 0 Å². The van der Waals surface area contributed by atoms with Crippen LogP contribution in [0.4, 0.5) is 0 Å². The Labute approximate surface area is 81.8 Å². The van der Waals surface area contributed by atoms with Gasteiger partial charge in [0, 0.05) is 29.6 Å². The van der Waals surface area contributed by atoms with Gasteiger partial charge in [0.15, 0.2) is 0 Å². The Morgan fingerprint density at radius 3 is 2.20 bits per heavy atom. The molecule has 3 heteroatoms. The zero-order chi connectivity index (χ0) is 6.85. The summed E-state index contributed by atoms with van der Waals surface area (Å²) < 4.78 is 0. The molecule has 0 fully saturated rings. The minimum Gasteiger partial charge on any atom is -0.508 e. The molecule has 0 saturated carbocycles. The minimum atomic E-state index is 0. The van der Waals surface area contributed by atoms with Gasteiger partial charge in [-0.3, -0.25) is 0 Å². The Morgan fingerprint density at radius 2 is 1.80 bits per heavy atom. The molecule has 1 aromatic rings. The fraction of sp³-hybridized carbons (Fsp3) is 0.143. The smallest absolute Gasteiger partial charge is 0.118 e. The average Bonchev–Trinajstić information content (AvgIpc) is 1.80. The van der Waals surface area contributed by atoms with Crippen LogP contribution < -0.4 is 0 Å². The summed E-state index contributed by atoms with van der Waals surface area (Å²) in [5.74, 6) is 0.401. The van der Waals surface area contributed by atoms with Crippen LogP contribution in [0.3, 0.4) is 0 Å².